The van der Waals surface area contributed by atoms with E-state index in [0.29, 0.717) is 6.42 Å². The number of H-pyrrole nitrogens is 1. The van der Waals surface area contributed by atoms with Crippen molar-refractivity contribution in [2.24, 2.45) is 0 Å². The van der Waals surface area contributed by atoms with E-state index in [1.54, 1.807) is 0 Å². The van der Waals surface area contributed by atoms with Crippen LogP contribution in [0.4, 0.5) is 0 Å². The molecule has 0 atom stereocenters. The van der Waals surface area contributed by atoms with Crippen LogP contribution in [-0.2, 0) is 13.0 Å². The highest BCUT2D eigenvalue weighted by atomic mass is 16.3. The Morgan fingerprint density at radius 1 is 1.70 bits per heavy atom. The Balaban J connectivity index is 2.59. The van der Waals surface area contributed by atoms with Gasteiger partial charge in [-0.25, -0.2) is 9.55 Å². The summed E-state index contributed by atoms with van der Waals surface area (Å²) >= 11 is 0. The smallest absolute Gasteiger partial charge is 0.241 e. The van der Waals surface area contributed by atoms with Gasteiger partial charge in [-0.05, 0) is 6.92 Å². The number of hydrogen-bond donors (Lipinski definition) is 2. The number of aromatic amines is 1. The van der Waals surface area contributed by atoms with Crippen LogP contribution in [0.15, 0.2) is 12.5 Å². The van der Waals surface area contributed by atoms with E-state index in [9.17, 15) is 0 Å². The van der Waals surface area contributed by atoms with Gasteiger partial charge in [0.25, 0.3) is 0 Å². The first kappa shape index (κ1) is 7.28. The fraction of sp³-hybridized carbons (Fsp3) is 0.571. The molecule has 0 radical (unpaired) electrons. The van der Waals surface area contributed by atoms with Crippen LogP contribution in [-0.4, -0.2) is 16.7 Å². The van der Waals surface area contributed by atoms with Crippen molar-refractivity contribution in [3.8, 4) is 0 Å². The normalized spacial score (nSPS) is 10.2. The predicted octanol–water partition coefficient (Wildman–Crippen LogP) is -0.143. The number of nitrogens with one attached hydrogen (secondary N) is 1. The van der Waals surface area contributed by atoms with Crippen LogP contribution in [0.2, 0.25) is 0 Å². The van der Waals surface area contributed by atoms with Crippen LogP contribution >= 0.6 is 0 Å². The minimum atomic E-state index is 0.213. The second-order valence-electron chi connectivity index (χ2n) is 2.23. The van der Waals surface area contributed by atoms with E-state index in [1.165, 1.54) is 0 Å². The SMILES string of the molecule is CC[n+]1c[nH]c(CCO)c1. The van der Waals surface area contributed by atoms with Crippen LogP contribution in [0.3, 0.4) is 0 Å². The number of aromatic nitrogens is 2. The van der Waals surface area contributed by atoms with Crippen molar-refractivity contribution in [3.63, 3.8) is 0 Å². The van der Waals surface area contributed by atoms with Gasteiger partial charge < -0.3 is 5.11 Å². The summed E-state index contributed by atoms with van der Waals surface area (Å²) in [6.45, 7) is 3.27. The summed E-state index contributed by atoms with van der Waals surface area (Å²) in [5.74, 6) is 0. The second kappa shape index (κ2) is 3.37. The number of aliphatic hydroxyl groups excluding tert-OH is 1. The lowest BCUT2D eigenvalue weighted by Crippen LogP contribution is -2.28. The number of aryl methyl sites for hydroxylation is 1. The van der Waals surface area contributed by atoms with Crippen LogP contribution < -0.4 is 4.57 Å². The summed E-state index contributed by atoms with van der Waals surface area (Å²) in [6, 6.07) is 0. The van der Waals surface area contributed by atoms with E-state index in [4.69, 9.17) is 5.11 Å². The fourth-order valence-electron chi connectivity index (χ4n) is 0.880. The molecule has 1 heterocycles. The maximum Gasteiger partial charge on any atom is 0.241 e. The molecule has 3 nitrogen and oxygen atoms in total. The Hall–Kier alpha value is -0.830. The molecule has 1 rings (SSSR count). The van der Waals surface area contributed by atoms with E-state index in [0.717, 1.165) is 12.2 Å². The van der Waals surface area contributed by atoms with Crippen molar-refractivity contribution in [2.75, 3.05) is 6.61 Å². The molecule has 0 saturated carbocycles. The zero-order chi connectivity index (χ0) is 7.40. The molecule has 0 aromatic carbocycles. The topological polar surface area (TPSA) is 39.9 Å². The van der Waals surface area contributed by atoms with E-state index in [2.05, 4.69) is 11.9 Å². The van der Waals surface area contributed by atoms with Crippen molar-refractivity contribution in [1.29, 1.82) is 0 Å². The quantitative estimate of drug-likeness (QED) is 0.565. The molecule has 2 N–H and O–H groups in total. The van der Waals surface area contributed by atoms with Gasteiger partial charge in [0, 0.05) is 6.42 Å². The van der Waals surface area contributed by atoms with Crippen LogP contribution in [0, 0.1) is 0 Å². The zero-order valence-corrected chi connectivity index (χ0v) is 6.17. The minimum absolute atomic E-state index is 0.213. The van der Waals surface area contributed by atoms with Gasteiger partial charge in [-0.2, -0.15) is 0 Å². The molecule has 0 bridgehead atoms. The highest BCUT2D eigenvalue weighted by Gasteiger charge is 2.01. The standard InChI is InChI=1S/C7H12N2O/c1-2-9-5-7(3-4-10)8-6-9/h5-6,10H,2-4H2,1H3/p+1. The van der Waals surface area contributed by atoms with Gasteiger partial charge >= 0.3 is 0 Å². The van der Waals surface area contributed by atoms with E-state index < -0.39 is 0 Å². The molecule has 0 aliphatic heterocycles. The molecule has 0 unspecified atom stereocenters. The summed E-state index contributed by atoms with van der Waals surface area (Å²) < 4.78 is 2.05. The monoisotopic (exact) mass is 141 g/mol. The molecule has 56 valence electrons. The summed E-state index contributed by atoms with van der Waals surface area (Å²) in [6.07, 6.45) is 4.63. The Morgan fingerprint density at radius 2 is 2.50 bits per heavy atom. The maximum absolute atomic E-state index is 8.57. The van der Waals surface area contributed by atoms with Crippen molar-refractivity contribution in [1.82, 2.24) is 4.98 Å². The summed E-state index contributed by atoms with van der Waals surface area (Å²) in [5.41, 5.74) is 1.09. The number of hydrogen-bond acceptors (Lipinski definition) is 1. The third-order valence-corrected chi connectivity index (χ3v) is 1.48. The lowest BCUT2D eigenvalue weighted by atomic mass is 10.3. The lowest BCUT2D eigenvalue weighted by Gasteiger charge is -1.83. The Bertz CT molecular complexity index is 195. The van der Waals surface area contributed by atoms with Crippen molar-refractivity contribution in [3.05, 3.63) is 18.2 Å². The third-order valence-electron chi connectivity index (χ3n) is 1.48. The van der Waals surface area contributed by atoms with E-state index in [1.807, 2.05) is 17.1 Å². The van der Waals surface area contributed by atoms with Gasteiger partial charge in [0.2, 0.25) is 6.33 Å². The van der Waals surface area contributed by atoms with Crippen LogP contribution in [0.1, 0.15) is 12.6 Å². The first-order valence-corrected chi connectivity index (χ1v) is 3.54. The lowest BCUT2D eigenvalue weighted by molar-refractivity contribution is -0.692. The number of imidazole rings is 1. The Labute approximate surface area is 60.3 Å². The van der Waals surface area contributed by atoms with Gasteiger partial charge in [0.05, 0.1) is 13.2 Å². The second-order valence-corrected chi connectivity index (χ2v) is 2.23. The largest absolute Gasteiger partial charge is 0.396 e. The van der Waals surface area contributed by atoms with Crippen molar-refractivity contribution < 1.29 is 9.67 Å². The minimum Gasteiger partial charge on any atom is -0.396 e. The fourth-order valence-corrected chi connectivity index (χ4v) is 0.880. The number of aliphatic hydroxyl groups is 1. The maximum atomic E-state index is 8.57. The summed E-state index contributed by atoms with van der Waals surface area (Å²) in [7, 11) is 0. The van der Waals surface area contributed by atoms with E-state index >= 15 is 0 Å². The van der Waals surface area contributed by atoms with Gasteiger partial charge in [0.15, 0.2) is 0 Å². The molecule has 1 aromatic heterocycles. The first-order chi connectivity index (χ1) is 4.86. The zero-order valence-electron chi connectivity index (χ0n) is 6.17. The molecule has 0 amide bonds. The van der Waals surface area contributed by atoms with Crippen LogP contribution in [0.25, 0.3) is 0 Å². The highest BCUT2D eigenvalue weighted by molar-refractivity contribution is 4.88. The molecule has 1 aromatic rings. The molecule has 3 heteroatoms. The number of rotatable bonds is 3. The summed E-state index contributed by atoms with van der Waals surface area (Å²) in [5, 5.41) is 8.57. The summed E-state index contributed by atoms with van der Waals surface area (Å²) in [4.78, 5) is 3.06. The van der Waals surface area contributed by atoms with Crippen molar-refractivity contribution in [2.45, 2.75) is 19.9 Å². The first-order valence-electron chi connectivity index (χ1n) is 3.54. The molecular formula is C7H13N2O+. The van der Waals surface area contributed by atoms with Crippen molar-refractivity contribution >= 4 is 0 Å². The predicted molar refractivity (Wildman–Crippen MR) is 37.5 cm³/mol. The molecule has 0 aliphatic rings. The van der Waals surface area contributed by atoms with E-state index in [-0.39, 0.29) is 6.61 Å². The van der Waals surface area contributed by atoms with Crippen LogP contribution in [0.5, 0.6) is 0 Å². The number of nitrogens with zero attached hydrogens (tertiary/aromatic N) is 1. The Kier molecular flexibility index (Phi) is 2.45. The molecule has 10 heavy (non-hydrogen) atoms. The molecule has 0 aliphatic carbocycles. The highest BCUT2D eigenvalue weighted by Crippen LogP contribution is 1.88. The molecule has 0 fully saturated rings. The third kappa shape index (κ3) is 1.57. The average molecular weight is 141 g/mol. The molecular weight excluding hydrogens is 128 g/mol. The van der Waals surface area contributed by atoms with Gasteiger partial charge in [-0.3, -0.25) is 0 Å². The molecule has 0 saturated heterocycles. The molecule has 0 spiro atoms. The average Bonchev–Trinajstić information content (AvgIpc) is 2.37. The van der Waals surface area contributed by atoms with Gasteiger partial charge in [-0.15, -0.1) is 0 Å². The van der Waals surface area contributed by atoms with Gasteiger partial charge in [0.1, 0.15) is 11.9 Å². The Morgan fingerprint density at radius 3 is 3.00 bits per heavy atom. The van der Waals surface area contributed by atoms with Gasteiger partial charge in [-0.1, -0.05) is 0 Å².